The van der Waals surface area contributed by atoms with Gasteiger partial charge in [0.25, 0.3) is 5.92 Å². The summed E-state index contributed by atoms with van der Waals surface area (Å²) in [6.07, 6.45) is -2.21. The van der Waals surface area contributed by atoms with E-state index in [-0.39, 0.29) is 22.8 Å². The van der Waals surface area contributed by atoms with Gasteiger partial charge in [-0.1, -0.05) is 6.92 Å². The number of nitrogens with zero attached hydrogens (tertiary/aromatic N) is 3. The SMILES string of the molecule is CCSc1c(-c2cn(C)c(OCC(C)(F)F)cc2=O)nc2ccc(C(F)(F)F)cn12. The predicted octanol–water partition coefficient (Wildman–Crippen LogP) is 4.86. The molecule has 0 aliphatic heterocycles. The molecule has 0 spiro atoms. The first kappa shape index (κ1) is 22.1. The van der Waals surface area contributed by atoms with E-state index in [0.717, 1.165) is 18.3 Å². The molecule has 0 aliphatic rings. The molecular weight excluding hydrogens is 429 g/mol. The van der Waals surface area contributed by atoms with Crippen molar-refractivity contribution >= 4 is 17.4 Å². The molecule has 0 bridgehead atoms. The zero-order valence-electron chi connectivity index (χ0n) is 16.3. The second kappa shape index (κ2) is 7.93. The molecule has 0 atom stereocenters. The molecule has 0 saturated carbocycles. The zero-order chi connectivity index (χ0) is 22.3. The molecule has 0 amide bonds. The smallest absolute Gasteiger partial charge is 0.417 e. The molecule has 0 aliphatic carbocycles. The van der Waals surface area contributed by atoms with Crippen molar-refractivity contribution in [3.05, 3.63) is 46.4 Å². The average Bonchev–Trinajstić information content (AvgIpc) is 2.98. The van der Waals surface area contributed by atoms with Crippen LogP contribution in [0.15, 0.2) is 40.4 Å². The molecule has 0 radical (unpaired) electrons. The maximum absolute atomic E-state index is 13.1. The fourth-order valence-corrected chi connectivity index (χ4v) is 3.63. The molecule has 0 saturated heterocycles. The van der Waals surface area contributed by atoms with Crippen LogP contribution in [-0.2, 0) is 13.2 Å². The third-order valence-corrected chi connectivity index (χ3v) is 5.05. The lowest BCUT2D eigenvalue weighted by molar-refractivity contribution is -0.137. The number of alkyl halides is 5. The van der Waals surface area contributed by atoms with E-state index in [1.807, 2.05) is 6.92 Å². The summed E-state index contributed by atoms with van der Waals surface area (Å²) in [7, 11) is 1.51. The maximum atomic E-state index is 13.1. The van der Waals surface area contributed by atoms with Crippen LogP contribution in [0.3, 0.4) is 0 Å². The maximum Gasteiger partial charge on any atom is 0.417 e. The Morgan fingerprint density at radius 3 is 2.47 bits per heavy atom. The summed E-state index contributed by atoms with van der Waals surface area (Å²) in [5.41, 5.74) is -0.786. The highest BCUT2D eigenvalue weighted by molar-refractivity contribution is 7.99. The topological polar surface area (TPSA) is 48.5 Å². The van der Waals surface area contributed by atoms with Crippen molar-refractivity contribution in [2.24, 2.45) is 7.05 Å². The van der Waals surface area contributed by atoms with Gasteiger partial charge < -0.3 is 9.30 Å². The molecule has 11 heteroatoms. The van der Waals surface area contributed by atoms with E-state index in [9.17, 15) is 26.7 Å². The lowest BCUT2D eigenvalue weighted by atomic mass is 10.2. The first-order valence-electron chi connectivity index (χ1n) is 8.84. The number of aryl methyl sites for hydroxylation is 1. The number of rotatable bonds is 6. The van der Waals surface area contributed by atoms with Gasteiger partial charge in [0.1, 0.15) is 16.4 Å². The molecule has 0 N–H and O–H groups in total. The minimum Gasteiger partial charge on any atom is -0.472 e. The van der Waals surface area contributed by atoms with Gasteiger partial charge in [0.15, 0.2) is 17.9 Å². The highest BCUT2D eigenvalue weighted by Gasteiger charge is 2.31. The predicted molar refractivity (Wildman–Crippen MR) is 103 cm³/mol. The number of thioether (sulfide) groups is 1. The standard InChI is InChI=1S/C19H18F5N3O2S/c1-4-30-17-16(25-14-6-5-11(8-27(14)17)19(22,23)24)12-9-26(3)15(7-13(12)28)29-10-18(2,20)21/h5-9H,4,10H2,1-3H3. The minimum atomic E-state index is -4.52. The van der Waals surface area contributed by atoms with Gasteiger partial charge in [-0.05, 0) is 17.9 Å². The summed E-state index contributed by atoms with van der Waals surface area (Å²) in [6, 6.07) is 3.22. The van der Waals surface area contributed by atoms with Crippen LogP contribution in [0.1, 0.15) is 19.4 Å². The Morgan fingerprint density at radius 2 is 1.87 bits per heavy atom. The Hall–Kier alpha value is -2.56. The summed E-state index contributed by atoms with van der Waals surface area (Å²) < 4.78 is 73.1. The third-order valence-electron chi connectivity index (χ3n) is 4.10. The lowest BCUT2D eigenvalue weighted by Crippen LogP contribution is -2.23. The Labute approximate surface area is 172 Å². The van der Waals surface area contributed by atoms with Gasteiger partial charge >= 0.3 is 6.18 Å². The van der Waals surface area contributed by atoms with Crippen molar-refractivity contribution in [2.75, 3.05) is 12.4 Å². The van der Waals surface area contributed by atoms with Crippen LogP contribution >= 0.6 is 11.8 Å². The number of imidazole rings is 1. The Bertz CT molecular complexity index is 1130. The minimum absolute atomic E-state index is 0.0573. The van der Waals surface area contributed by atoms with Crippen LogP contribution in [-0.4, -0.2) is 32.2 Å². The van der Waals surface area contributed by atoms with Gasteiger partial charge in [0.05, 0.1) is 11.1 Å². The van der Waals surface area contributed by atoms with Crippen molar-refractivity contribution < 1.29 is 26.7 Å². The molecule has 3 aromatic rings. The van der Waals surface area contributed by atoms with Crippen molar-refractivity contribution in [1.29, 1.82) is 0 Å². The molecule has 3 rings (SSSR count). The number of fused-ring (bicyclic) bond motifs is 1. The summed E-state index contributed by atoms with van der Waals surface area (Å²) in [6.45, 7) is 1.62. The highest BCUT2D eigenvalue weighted by atomic mass is 32.2. The summed E-state index contributed by atoms with van der Waals surface area (Å²) in [4.78, 5) is 17.0. The Morgan fingerprint density at radius 1 is 1.17 bits per heavy atom. The summed E-state index contributed by atoms with van der Waals surface area (Å²) in [5.74, 6) is -2.60. The molecule has 3 aromatic heterocycles. The lowest BCUT2D eigenvalue weighted by Gasteiger charge is -2.15. The number of halogens is 5. The first-order valence-corrected chi connectivity index (χ1v) is 9.83. The number of hydrogen-bond acceptors (Lipinski definition) is 4. The second-order valence-electron chi connectivity index (χ2n) is 6.70. The van der Waals surface area contributed by atoms with Crippen LogP contribution in [0.2, 0.25) is 0 Å². The van der Waals surface area contributed by atoms with Crippen LogP contribution < -0.4 is 10.2 Å². The summed E-state index contributed by atoms with van der Waals surface area (Å²) >= 11 is 1.24. The van der Waals surface area contributed by atoms with Crippen molar-refractivity contribution in [3.63, 3.8) is 0 Å². The molecule has 0 aromatic carbocycles. The molecule has 0 fully saturated rings. The van der Waals surface area contributed by atoms with Crippen LogP contribution in [0, 0.1) is 0 Å². The van der Waals surface area contributed by atoms with Gasteiger partial charge in [-0.25, -0.2) is 13.8 Å². The van der Waals surface area contributed by atoms with Gasteiger partial charge in [0, 0.05) is 32.4 Å². The summed E-state index contributed by atoms with van der Waals surface area (Å²) in [5, 5.41) is 0.379. The van der Waals surface area contributed by atoms with E-state index in [2.05, 4.69) is 4.98 Å². The highest BCUT2D eigenvalue weighted by Crippen LogP contribution is 2.34. The van der Waals surface area contributed by atoms with E-state index >= 15 is 0 Å². The first-order chi connectivity index (χ1) is 13.9. The fraction of sp³-hybridized carbons (Fsp3) is 0.368. The van der Waals surface area contributed by atoms with Crippen molar-refractivity contribution in [2.45, 2.75) is 31.0 Å². The van der Waals surface area contributed by atoms with Crippen LogP contribution in [0.4, 0.5) is 22.0 Å². The van der Waals surface area contributed by atoms with Crippen LogP contribution in [0.5, 0.6) is 5.88 Å². The van der Waals surface area contributed by atoms with E-state index in [0.29, 0.717) is 17.7 Å². The van der Waals surface area contributed by atoms with Gasteiger partial charge in [-0.2, -0.15) is 13.2 Å². The van der Waals surface area contributed by atoms with Crippen molar-refractivity contribution in [3.8, 4) is 17.1 Å². The molecule has 0 unspecified atom stereocenters. The Balaban J connectivity index is 2.13. The zero-order valence-corrected chi connectivity index (χ0v) is 17.1. The van der Waals surface area contributed by atoms with Crippen molar-refractivity contribution in [1.82, 2.24) is 14.0 Å². The monoisotopic (exact) mass is 447 g/mol. The van der Waals surface area contributed by atoms with E-state index in [4.69, 9.17) is 4.74 Å². The van der Waals surface area contributed by atoms with E-state index < -0.39 is 29.7 Å². The second-order valence-corrected chi connectivity index (χ2v) is 7.95. The number of aromatic nitrogens is 3. The molecule has 5 nitrogen and oxygen atoms in total. The van der Waals surface area contributed by atoms with E-state index in [1.165, 1.54) is 40.0 Å². The number of pyridine rings is 2. The number of ether oxygens (including phenoxy) is 1. The largest absolute Gasteiger partial charge is 0.472 e. The molecule has 3 heterocycles. The van der Waals surface area contributed by atoms with Crippen LogP contribution in [0.25, 0.3) is 16.9 Å². The van der Waals surface area contributed by atoms with E-state index in [1.54, 1.807) is 0 Å². The normalized spacial score (nSPS) is 12.5. The molecule has 30 heavy (non-hydrogen) atoms. The third kappa shape index (κ3) is 4.61. The number of hydrogen-bond donors (Lipinski definition) is 0. The van der Waals surface area contributed by atoms with Gasteiger partial charge in [0.2, 0.25) is 0 Å². The quantitative estimate of drug-likeness (QED) is 0.400. The molecular formula is C19H18F5N3O2S. The van der Waals surface area contributed by atoms with Gasteiger partial charge in [-0.15, -0.1) is 11.8 Å². The average molecular weight is 447 g/mol. The molecule has 162 valence electrons. The van der Waals surface area contributed by atoms with Gasteiger partial charge in [-0.3, -0.25) is 9.20 Å². The fourth-order valence-electron chi connectivity index (χ4n) is 2.78. The Kier molecular flexibility index (Phi) is 5.85.